The maximum Gasteiger partial charge on any atom is 0.338 e. The first kappa shape index (κ1) is 20.7. The van der Waals surface area contributed by atoms with Gasteiger partial charge in [-0.05, 0) is 48.7 Å². The van der Waals surface area contributed by atoms with Crippen LogP contribution < -0.4 is 10.6 Å². The molecule has 6 heteroatoms. The molecule has 28 heavy (non-hydrogen) atoms. The Hall–Kier alpha value is -3.59. The van der Waals surface area contributed by atoms with Crippen molar-refractivity contribution in [3.05, 3.63) is 71.4 Å². The number of ether oxygens (including phenoxy) is 1. The van der Waals surface area contributed by atoms with Crippen LogP contribution in [0.15, 0.2) is 60.3 Å². The van der Waals surface area contributed by atoms with E-state index < -0.39 is 11.9 Å². The standard InChI is InChI=1S/C22H23N3O3/c1-4-28-22(27)16-9-11-18(12-10-16)25-21(26)17(13-23)14-24-20-8-6-5-7-19(20)15(2)3/h5-12,14-15,24H,4H2,1-3H3,(H,25,26)/b17-14-. The summed E-state index contributed by atoms with van der Waals surface area (Å²) in [5.41, 5.74) is 2.74. The van der Waals surface area contributed by atoms with Crippen LogP contribution in [0, 0.1) is 11.3 Å². The summed E-state index contributed by atoms with van der Waals surface area (Å²) in [6.45, 7) is 6.17. The molecule has 0 bridgehead atoms. The fourth-order valence-electron chi connectivity index (χ4n) is 2.53. The highest BCUT2D eigenvalue weighted by Crippen LogP contribution is 2.23. The number of para-hydroxylation sites is 1. The van der Waals surface area contributed by atoms with Crippen molar-refractivity contribution in [2.24, 2.45) is 0 Å². The van der Waals surface area contributed by atoms with E-state index in [1.807, 2.05) is 30.3 Å². The largest absolute Gasteiger partial charge is 0.462 e. The molecule has 1 amide bonds. The third kappa shape index (κ3) is 5.45. The number of rotatable bonds is 7. The van der Waals surface area contributed by atoms with Crippen LogP contribution in [0.4, 0.5) is 11.4 Å². The van der Waals surface area contributed by atoms with Crippen molar-refractivity contribution in [3.8, 4) is 6.07 Å². The van der Waals surface area contributed by atoms with Gasteiger partial charge in [-0.25, -0.2) is 4.79 Å². The number of hydrogen-bond donors (Lipinski definition) is 2. The van der Waals surface area contributed by atoms with Crippen LogP contribution in [0.2, 0.25) is 0 Å². The van der Waals surface area contributed by atoms with Crippen molar-refractivity contribution in [1.29, 1.82) is 5.26 Å². The van der Waals surface area contributed by atoms with Crippen LogP contribution in [0.1, 0.15) is 42.6 Å². The van der Waals surface area contributed by atoms with E-state index in [1.165, 1.54) is 6.20 Å². The summed E-state index contributed by atoms with van der Waals surface area (Å²) in [7, 11) is 0. The average Bonchev–Trinajstić information content (AvgIpc) is 2.69. The third-order valence-corrected chi connectivity index (χ3v) is 3.97. The van der Waals surface area contributed by atoms with Crippen molar-refractivity contribution < 1.29 is 14.3 Å². The van der Waals surface area contributed by atoms with Crippen LogP contribution in [-0.2, 0) is 9.53 Å². The molecule has 0 aliphatic carbocycles. The minimum absolute atomic E-state index is 0.0620. The lowest BCUT2D eigenvalue weighted by Gasteiger charge is -2.12. The maximum absolute atomic E-state index is 12.4. The molecule has 0 radical (unpaired) electrons. The average molecular weight is 377 g/mol. The number of nitriles is 1. The second-order valence-electron chi connectivity index (χ2n) is 6.31. The Morgan fingerprint density at radius 3 is 2.43 bits per heavy atom. The van der Waals surface area contributed by atoms with Gasteiger partial charge in [0.05, 0.1) is 12.2 Å². The van der Waals surface area contributed by atoms with Gasteiger partial charge in [0.25, 0.3) is 5.91 Å². The molecule has 0 fully saturated rings. The van der Waals surface area contributed by atoms with Gasteiger partial charge < -0.3 is 15.4 Å². The Labute approximate surface area is 164 Å². The molecule has 2 rings (SSSR count). The van der Waals surface area contributed by atoms with Crippen molar-refractivity contribution >= 4 is 23.3 Å². The lowest BCUT2D eigenvalue weighted by molar-refractivity contribution is -0.112. The molecule has 6 nitrogen and oxygen atoms in total. The van der Waals surface area contributed by atoms with E-state index in [0.717, 1.165) is 11.3 Å². The van der Waals surface area contributed by atoms with Gasteiger partial charge in [-0.15, -0.1) is 0 Å². The molecule has 2 N–H and O–H groups in total. The molecular formula is C22H23N3O3. The number of nitrogens with zero attached hydrogens (tertiary/aromatic N) is 1. The maximum atomic E-state index is 12.4. The summed E-state index contributed by atoms with van der Waals surface area (Å²) in [4.78, 5) is 24.0. The number of nitrogens with one attached hydrogen (secondary N) is 2. The monoisotopic (exact) mass is 377 g/mol. The van der Waals surface area contributed by atoms with E-state index in [9.17, 15) is 14.9 Å². The van der Waals surface area contributed by atoms with Crippen molar-refractivity contribution in [2.75, 3.05) is 17.2 Å². The highest BCUT2D eigenvalue weighted by Gasteiger charge is 2.12. The van der Waals surface area contributed by atoms with Crippen LogP contribution in [0.3, 0.4) is 0 Å². The zero-order chi connectivity index (χ0) is 20.5. The fraction of sp³-hybridized carbons (Fsp3) is 0.227. The number of amides is 1. The number of esters is 1. The molecule has 0 saturated carbocycles. The SMILES string of the molecule is CCOC(=O)c1ccc(NC(=O)/C(C#N)=C\Nc2ccccc2C(C)C)cc1. The topological polar surface area (TPSA) is 91.2 Å². The molecule has 0 unspecified atom stereocenters. The lowest BCUT2D eigenvalue weighted by Crippen LogP contribution is -2.15. The molecule has 144 valence electrons. The molecule has 2 aromatic rings. The summed E-state index contributed by atoms with van der Waals surface area (Å²) >= 11 is 0. The van der Waals surface area contributed by atoms with Gasteiger partial charge in [0, 0.05) is 17.6 Å². The number of hydrogen-bond acceptors (Lipinski definition) is 5. The summed E-state index contributed by atoms with van der Waals surface area (Å²) < 4.78 is 4.92. The molecule has 0 aliphatic heterocycles. The van der Waals surface area contributed by atoms with Crippen LogP contribution >= 0.6 is 0 Å². The fourth-order valence-corrected chi connectivity index (χ4v) is 2.53. The van der Waals surface area contributed by atoms with Crippen LogP contribution in [0.5, 0.6) is 0 Å². The van der Waals surface area contributed by atoms with Crippen molar-refractivity contribution in [2.45, 2.75) is 26.7 Å². The molecule has 0 aromatic heterocycles. The first-order valence-electron chi connectivity index (χ1n) is 9.00. The second kappa shape index (κ2) is 9.93. The smallest absolute Gasteiger partial charge is 0.338 e. The van der Waals surface area contributed by atoms with E-state index in [-0.39, 0.29) is 5.57 Å². The first-order valence-corrected chi connectivity index (χ1v) is 9.00. The number of carbonyl (C=O) groups is 2. The first-order chi connectivity index (χ1) is 13.5. The summed E-state index contributed by atoms with van der Waals surface area (Å²) in [6.07, 6.45) is 1.39. The van der Waals surface area contributed by atoms with Gasteiger partial charge in [-0.1, -0.05) is 32.0 Å². The van der Waals surface area contributed by atoms with Gasteiger partial charge in [0.1, 0.15) is 11.6 Å². The van der Waals surface area contributed by atoms with E-state index in [4.69, 9.17) is 4.74 Å². The Morgan fingerprint density at radius 2 is 1.82 bits per heavy atom. The number of benzene rings is 2. The molecule has 2 aromatic carbocycles. The van der Waals surface area contributed by atoms with Crippen molar-refractivity contribution in [1.82, 2.24) is 0 Å². The summed E-state index contributed by atoms with van der Waals surface area (Å²) in [5, 5.41) is 15.0. The lowest BCUT2D eigenvalue weighted by atomic mass is 10.0. The molecule has 0 heterocycles. The zero-order valence-corrected chi connectivity index (χ0v) is 16.2. The highest BCUT2D eigenvalue weighted by molar-refractivity contribution is 6.06. The molecule has 0 aliphatic rings. The molecule has 0 saturated heterocycles. The van der Waals surface area contributed by atoms with Gasteiger partial charge >= 0.3 is 5.97 Å². The van der Waals surface area contributed by atoms with Gasteiger partial charge in [-0.3, -0.25) is 4.79 Å². The van der Waals surface area contributed by atoms with E-state index >= 15 is 0 Å². The normalized spacial score (nSPS) is 10.9. The minimum Gasteiger partial charge on any atom is -0.462 e. The van der Waals surface area contributed by atoms with Gasteiger partial charge in [-0.2, -0.15) is 5.26 Å². The highest BCUT2D eigenvalue weighted by atomic mass is 16.5. The van der Waals surface area contributed by atoms with Gasteiger partial charge in [0.2, 0.25) is 0 Å². The number of anilines is 2. The zero-order valence-electron chi connectivity index (χ0n) is 16.2. The quantitative estimate of drug-likeness (QED) is 0.423. The molecular weight excluding hydrogens is 354 g/mol. The minimum atomic E-state index is -0.541. The Balaban J connectivity index is 2.09. The molecule has 0 spiro atoms. The molecule has 0 atom stereocenters. The van der Waals surface area contributed by atoms with Gasteiger partial charge in [0.15, 0.2) is 0 Å². The van der Waals surface area contributed by atoms with E-state index in [2.05, 4.69) is 24.5 Å². The Morgan fingerprint density at radius 1 is 1.14 bits per heavy atom. The Bertz CT molecular complexity index is 909. The number of carbonyl (C=O) groups excluding carboxylic acids is 2. The van der Waals surface area contributed by atoms with Crippen LogP contribution in [-0.4, -0.2) is 18.5 Å². The summed E-state index contributed by atoms with van der Waals surface area (Å²) in [5.74, 6) is -0.665. The third-order valence-electron chi connectivity index (χ3n) is 3.97. The summed E-state index contributed by atoms with van der Waals surface area (Å²) in [6, 6.07) is 15.9. The van der Waals surface area contributed by atoms with E-state index in [0.29, 0.717) is 23.8 Å². The van der Waals surface area contributed by atoms with Crippen molar-refractivity contribution in [3.63, 3.8) is 0 Å². The van der Waals surface area contributed by atoms with Crippen LogP contribution in [0.25, 0.3) is 0 Å². The predicted molar refractivity (Wildman–Crippen MR) is 109 cm³/mol. The second-order valence-corrected chi connectivity index (χ2v) is 6.31. The predicted octanol–water partition coefficient (Wildman–Crippen LogP) is 4.44. The Kier molecular flexibility index (Phi) is 7.35. The van der Waals surface area contributed by atoms with E-state index in [1.54, 1.807) is 31.2 Å².